The minimum atomic E-state index is -3.46. The van der Waals surface area contributed by atoms with Gasteiger partial charge in [0.1, 0.15) is 5.82 Å². The Kier molecular flexibility index (Phi) is 4.40. The lowest BCUT2D eigenvalue weighted by molar-refractivity contribution is 0.594. The van der Waals surface area contributed by atoms with Crippen LogP contribution in [0.3, 0.4) is 0 Å². The lowest BCUT2D eigenvalue weighted by atomic mass is 10.2. The van der Waals surface area contributed by atoms with Crippen molar-refractivity contribution in [1.82, 2.24) is 9.55 Å². The van der Waals surface area contributed by atoms with Crippen molar-refractivity contribution in [3.63, 3.8) is 0 Å². The highest BCUT2D eigenvalue weighted by atomic mass is 35.5. The van der Waals surface area contributed by atoms with Gasteiger partial charge in [-0.15, -0.1) is 0 Å². The van der Waals surface area contributed by atoms with Crippen molar-refractivity contribution >= 4 is 32.5 Å². The third kappa shape index (κ3) is 2.94. The first-order valence-electron chi connectivity index (χ1n) is 7.77. The molecule has 0 aliphatic carbocycles. The molecule has 3 rings (SSSR count). The van der Waals surface area contributed by atoms with Crippen LogP contribution in [-0.2, 0) is 22.1 Å². The summed E-state index contributed by atoms with van der Waals surface area (Å²) in [7, 11) is -3.46. The van der Waals surface area contributed by atoms with E-state index in [9.17, 15) is 8.42 Å². The van der Waals surface area contributed by atoms with Gasteiger partial charge in [0.15, 0.2) is 9.84 Å². The highest BCUT2D eigenvalue weighted by molar-refractivity contribution is 7.90. The van der Waals surface area contributed by atoms with Crippen molar-refractivity contribution in [2.24, 2.45) is 0 Å². The topological polar surface area (TPSA) is 52.0 Å². The van der Waals surface area contributed by atoms with Gasteiger partial charge in [0.2, 0.25) is 0 Å². The van der Waals surface area contributed by atoms with E-state index in [1.807, 2.05) is 32.0 Å². The van der Waals surface area contributed by atoms with E-state index in [2.05, 4.69) is 9.55 Å². The maximum absolute atomic E-state index is 12.8. The summed E-state index contributed by atoms with van der Waals surface area (Å²) in [6.45, 7) is 6.53. The third-order valence-corrected chi connectivity index (χ3v) is 6.46. The molecular formula is C18H19ClN2O2S. The average Bonchev–Trinajstić information content (AvgIpc) is 2.84. The zero-order valence-electron chi connectivity index (χ0n) is 13.9. The van der Waals surface area contributed by atoms with Crippen LogP contribution in [0, 0.1) is 13.8 Å². The summed E-state index contributed by atoms with van der Waals surface area (Å²) >= 11 is 6.07. The summed E-state index contributed by atoms with van der Waals surface area (Å²) in [6, 6.07) is 10.6. The number of aryl methyl sites for hydroxylation is 2. The number of aromatic nitrogens is 2. The maximum Gasteiger partial charge on any atom is 0.182 e. The highest BCUT2D eigenvalue weighted by Gasteiger charge is 2.19. The molecule has 0 atom stereocenters. The lowest BCUT2D eigenvalue weighted by Crippen LogP contribution is -2.07. The van der Waals surface area contributed by atoms with Crippen molar-refractivity contribution in [3.05, 3.63) is 58.4 Å². The van der Waals surface area contributed by atoms with Crippen LogP contribution in [0.15, 0.2) is 41.3 Å². The molecule has 24 heavy (non-hydrogen) atoms. The first-order chi connectivity index (χ1) is 11.3. The summed E-state index contributed by atoms with van der Waals surface area (Å²) in [5, 5.41) is 0.464. The molecule has 0 saturated carbocycles. The van der Waals surface area contributed by atoms with Crippen molar-refractivity contribution < 1.29 is 8.42 Å². The van der Waals surface area contributed by atoms with Crippen molar-refractivity contribution in [1.29, 1.82) is 0 Å². The van der Waals surface area contributed by atoms with Crippen LogP contribution in [0.2, 0.25) is 5.02 Å². The van der Waals surface area contributed by atoms with Crippen LogP contribution in [0.1, 0.15) is 23.9 Å². The Balaban J connectivity index is 2.04. The number of hydrogen-bond acceptors (Lipinski definition) is 3. The molecule has 0 bridgehead atoms. The molecular weight excluding hydrogens is 344 g/mol. The van der Waals surface area contributed by atoms with E-state index in [1.165, 1.54) is 0 Å². The number of nitrogens with zero attached hydrogens (tertiary/aromatic N) is 2. The molecule has 4 nitrogen and oxygen atoms in total. The molecule has 6 heteroatoms. The zero-order chi connectivity index (χ0) is 17.5. The number of fused-ring (bicyclic) bond motifs is 1. The van der Waals surface area contributed by atoms with Gasteiger partial charge < -0.3 is 4.57 Å². The maximum atomic E-state index is 12.8. The predicted octanol–water partition coefficient (Wildman–Crippen LogP) is 4.30. The molecule has 3 aromatic rings. The molecule has 1 aromatic heterocycles. The predicted molar refractivity (Wildman–Crippen MR) is 97.2 cm³/mol. The van der Waals surface area contributed by atoms with Crippen molar-refractivity contribution in [2.75, 3.05) is 0 Å². The second kappa shape index (κ2) is 6.22. The number of imidazole rings is 1. The van der Waals surface area contributed by atoms with Crippen LogP contribution in [0.5, 0.6) is 0 Å². The molecule has 126 valence electrons. The van der Waals surface area contributed by atoms with Crippen molar-refractivity contribution in [2.45, 2.75) is 38.0 Å². The third-order valence-electron chi connectivity index (χ3n) is 4.23. The SMILES string of the molecule is CCn1c(C)nc2ccc(CS(=O)(=O)c3cccc(Cl)c3C)cc21. The van der Waals surface area contributed by atoms with Gasteiger partial charge in [-0.25, -0.2) is 13.4 Å². The quantitative estimate of drug-likeness (QED) is 0.695. The number of sulfone groups is 1. The smallest absolute Gasteiger partial charge is 0.182 e. The zero-order valence-corrected chi connectivity index (χ0v) is 15.4. The van der Waals surface area contributed by atoms with Gasteiger partial charge in [-0.1, -0.05) is 23.7 Å². The molecule has 0 unspecified atom stereocenters. The first-order valence-corrected chi connectivity index (χ1v) is 9.80. The molecule has 2 aromatic carbocycles. The number of rotatable bonds is 4. The summed E-state index contributed by atoms with van der Waals surface area (Å²) in [5.41, 5.74) is 3.19. The van der Waals surface area contributed by atoms with E-state index in [0.29, 0.717) is 10.6 Å². The van der Waals surface area contributed by atoms with Crippen LogP contribution >= 0.6 is 11.6 Å². The molecule has 1 heterocycles. The van der Waals surface area contributed by atoms with Crippen LogP contribution in [-0.4, -0.2) is 18.0 Å². The normalized spacial score (nSPS) is 12.0. The second-order valence-corrected chi connectivity index (χ2v) is 8.21. The Morgan fingerprint density at radius 1 is 1.17 bits per heavy atom. The van der Waals surface area contributed by atoms with Crippen molar-refractivity contribution in [3.8, 4) is 0 Å². The van der Waals surface area contributed by atoms with Gasteiger partial charge in [-0.3, -0.25) is 0 Å². The Hall–Kier alpha value is -1.85. The summed E-state index contributed by atoms with van der Waals surface area (Å²) < 4.78 is 27.7. The minimum absolute atomic E-state index is 0.0575. The molecule has 0 N–H and O–H groups in total. The average molecular weight is 363 g/mol. The van der Waals surface area contributed by atoms with Gasteiger partial charge >= 0.3 is 0 Å². The largest absolute Gasteiger partial charge is 0.328 e. The molecule has 0 fully saturated rings. The van der Waals surface area contributed by atoms with Crippen LogP contribution in [0.4, 0.5) is 0 Å². The van der Waals surface area contributed by atoms with Crippen LogP contribution < -0.4 is 0 Å². The number of halogens is 1. The Bertz CT molecular complexity index is 1020. The molecule has 0 aliphatic heterocycles. The number of hydrogen-bond donors (Lipinski definition) is 0. The van der Waals surface area contributed by atoms with E-state index in [-0.39, 0.29) is 10.6 Å². The fraction of sp³-hybridized carbons (Fsp3) is 0.278. The molecule has 0 radical (unpaired) electrons. The van der Waals surface area contributed by atoms with E-state index in [1.54, 1.807) is 25.1 Å². The van der Waals surface area contributed by atoms with Crippen LogP contribution in [0.25, 0.3) is 11.0 Å². The monoisotopic (exact) mass is 362 g/mol. The summed E-state index contributed by atoms with van der Waals surface area (Å²) in [6.07, 6.45) is 0. The van der Waals surface area contributed by atoms with E-state index >= 15 is 0 Å². The van der Waals surface area contributed by atoms with E-state index < -0.39 is 9.84 Å². The molecule has 0 spiro atoms. The van der Waals surface area contributed by atoms with E-state index in [4.69, 9.17) is 11.6 Å². The Morgan fingerprint density at radius 2 is 1.92 bits per heavy atom. The summed E-state index contributed by atoms with van der Waals surface area (Å²) in [4.78, 5) is 4.79. The Labute approximate surface area is 147 Å². The van der Waals surface area contributed by atoms with Gasteiger partial charge in [0.05, 0.1) is 21.7 Å². The second-order valence-electron chi connectivity index (χ2n) is 5.85. The fourth-order valence-electron chi connectivity index (χ4n) is 3.00. The first kappa shape index (κ1) is 17.0. The highest BCUT2D eigenvalue weighted by Crippen LogP contribution is 2.26. The van der Waals surface area contributed by atoms with Gasteiger partial charge in [0, 0.05) is 11.6 Å². The van der Waals surface area contributed by atoms with Gasteiger partial charge in [0.25, 0.3) is 0 Å². The standard InChI is InChI=1S/C18H19ClN2O2S/c1-4-21-13(3)20-16-9-8-14(10-17(16)21)11-24(22,23)18-7-5-6-15(19)12(18)2/h5-10H,4,11H2,1-3H3. The molecule has 0 aliphatic rings. The lowest BCUT2D eigenvalue weighted by Gasteiger charge is -2.09. The van der Waals surface area contributed by atoms with Gasteiger partial charge in [-0.05, 0) is 56.2 Å². The fourth-order valence-corrected chi connectivity index (χ4v) is 4.87. The Morgan fingerprint density at radius 3 is 2.62 bits per heavy atom. The number of benzene rings is 2. The molecule has 0 saturated heterocycles. The van der Waals surface area contributed by atoms with Gasteiger partial charge in [-0.2, -0.15) is 0 Å². The minimum Gasteiger partial charge on any atom is -0.328 e. The molecule has 0 amide bonds. The van der Waals surface area contributed by atoms with E-state index in [0.717, 1.165) is 29.0 Å². The summed E-state index contributed by atoms with van der Waals surface area (Å²) in [5.74, 6) is 0.871.